The van der Waals surface area contributed by atoms with Crippen molar-refractivity contribution in [3.05, 3.63) is 41.1 Å². The third kappa shape index (κ3) is 3.59. The van der Waals surface area contributed by atoms with E-state index in [9.17, 15) is 4.79 Å². The molecule has 1 amide bonds. The normalized spacial score (nSPS) is 17.9. The number of fused-ring (bicyclic) bond motifs is 1. The molecule has 0 unspecified atom stereocenters. The lowest BCUT2D eigenvalue weighted by atomic mass is 10.0. The Morgan fingerprint density at radius 3 is 2.88 bits per heavy atom. The van der Waals surface area contributed by atoms with Crippen LogP contribution in [0.15, 0.2) is 24.3 Å². The molecule has 0 aliphatic carbocycles. The minimum atomic E-state index is 0.0490. The van der Waals surface area contributed by atoms with E-state index in [1.54, 1.807) is 4.90 Å². The summed E-state index contributed by atoms with van der Waals surface area (Å²) in [6.07, 6.45) is 4.45. The average molecular weight is 326 g/mol. The van der Waals surface area contributed by atoms with Crippen molar-refractivity contribution in [1.82, 2.24) is 9.88 Å². The number of rotatable bonds is 4. The van der Waals surface area contributed by atoms with E-state index >= 15 is 0 Å². The number of benzene rings is 1. The predicted molar refractivity (Wildman–Crippen MR) is 96.4 cm³/mol. The number of aryl methyl sites for hydroxylation is 2. The fourth-order valence-corrected chi connectivity index (χ4v) is 3.35. The summed E-state index contributed by atoms with van der Waals surface area (Å²) in [6, 6.07) is 8.10. The van der Waals surface area contributed by atoms with Gasteiger partial charge < -0.3 is 9.64 Å². The van der Waals surface area contributed by atoms with Crippen molar-refractivity contribution < 1.29 is 9.53 Å². The van der Waals surface area contributed by atoms with Crippen LogP contribution in [0.1, 0.15) is 47.8 Å². The van der Waals surface area contributed by atoms with Crippen LogP contribution in [0.5, 0.6) is 0 Å². The van der Waals surface area contributed by atoms with E-state index in [4.69, 9.17) is 4.74 Å². The molecule has 0 radical (unpaired) electrons. The molecule has 1 aromatic carbocycles. The Hall–Kier alpha value is -1.94. The van der Waals surface area contributed by atoms with Crippen molar-refractivity contribution in [2.24, 2.45) is 0 Å². The Balaban J connectivity index is 1.90. The van der Waals surface area contributed by atoms with Crippen molar-refractivity contribution >= 4 is 16.8 Å². The summed E-state index contributed by atoms with van der Waals surface area (Å²) in [7, 11) is 1.87. The van der Waals surface area contributed by atoms with Gasteiger partial charge in [0, 0.05) is 31.3 Å². The van der Waals surface area contributed by atoms with Gasteiger partial charge in [0.2, 0.25) is 0 Å². The van der Waals surface area contributed by atoms with Gasteiger partial charge in [0.05, 0.1) is 17.2 Å². The van der Waals surface area contributed by atoms with Gasteiger partial charge in [0.1, 0.15) is 0 Å². The molecule has 1 aromatic heterocycles. The van der Waals surface area contributed by atoms with Crippen LogP contribution in [-0.2, 0) is 11.2 Å². The molecule has 2 aromatic rings. The number of pyridine rings is 1. The van der Waals surface area contributed by atoms with Crippen molar-refractivity contribution in [2.75, 3.05) is 20.2 Å². The molecule has 0 saturated carbocycles. The van der Waals surface area contributed by atoms with Crippen LogP contribution in [0.25, 0.3) is 10.9 Å². The first-order chi connectivity index (χ1) is 11.6. The third-order valence-electron chi connectivity index (χ3n) is 4.74. The summed E-state index contributed by atoms with van der Waals surface area (Å²) in [5.74, 6) is 0.0490. The molecule has 0 spiro atoms. The highest BCUT2D eigenvalue weighted by atomic mass is 16.5. The maximum Gasteiger partial charge on any atom is 0.254 e. The Morgan fingerprint density at radius 2 is 2.17 bits per heavy atom. The van der Waals surface area contributed by atoms with E-state index in [0.717, 1.165) is 48.0 Å². The van der Waals surface area contributed by atoms with Crippen LogP contribution in [0, 0.1) is 6.92 Å². The highest BCUT2D eigenvalue weighted by Gasteiger charge is 2.21. The fourth-order valence-electron chi connectivity index (χ4n) is 3.35. The lowest BCUT2D eigenvalue weighted by Crippen LogP contribution is -2.37. The maximum atomic E-state index is 13.0. The summed E-state index contributed by atoms with van der Waals surface area (Å²) < 4.78 is 5.78. The van der Waals surface area contributed by atoms with Crippen molar-refractivity contribution in [3.63, 3.8) is 0 Å². The molecule has 0 bridgehead atoms. The Kier molecular flexibility index (Phi) is 5.14. The molecule has 1 atom stereocenters. The Labute approximate surface area is 143 Å². The Bertz CT molecular complexity index is 736. The second kappa shape index (κ2) is 7.31. The van der Waals surface area contributed by atoms with E-state index in [1.807, 2.05) is 26.1 Å². The third-order valence-corrected chi connectivity index (χ3v) is 4.74. The highest BCUT2D eigenvalue weighted by molar-refractivity contribution is 6.06. The average Bonchev–Trinajstić information content (AvgIpc) is 2.60. The van der Waals surface area contributed by atoms with Crippen LogP contribution >= 0.6 is 0 Å². The van der Waals surface area contributed by atoms with Crippen LogP contribution in [0.4, 0.5) is 0 Å². The number of aromatic nitrogens is 1. The standard InChI is InChI=1S/C20H26N2O2/c1-4-15-8-9-19-17(12-15)18(11-14(2)21-19)20(23)22(3)13-16-7-5-6-10-24-16/h8-9,11-12,16H,4-7,10,13H2,1-3H3/t16-/m0/s1. The van der Waals surface area contributed by atoms with Crippen LogP contribution in [-0.4, -0.2) is 42.1 Å². The van der Waals surface area contributed by atoms with Gasteiger partial charge in [-0.1, -0.05) is 13.0 Å². The molecule has 1 fully saturated rings. The Morgan fingerprint density at radius 1 is 1.33 bits per heavy atom. The molecular formula is C20H26N2O2. The van der Waals surface area contributed by atoms with Gasteiger partial charge in [0.25, 0.3) is 5.91 Å². The quantitative estimate of drug-likeness (QED) is 0.859. The molecule has 1 aliphatic rings. The monoisotopic (exact) mass is 326 g/mol. The number of likely N-dealkylation sites (N-methyl/N-ethyl adjacent to an activating group) is 1. The number of carbonyl (C=O) groups excluding carboxylic acids is 1. The van der Waals surface area contributed by atoms with Crippen LogP contribution in [0.3, 0.4) is 0 Å². The molecule has 3 rings (SSSR count). The maximum absolute atomic E-state index is 13.0. The van der Waals surface area contributed by atoms with E-state index in [1.165, 1.54) is 12.0 Å². The fraction of sp³-hybridized carbons (Fsp3) is 0.500. The summed E-state index contributed by atoms with van der Waals surface area (Å²) in [6.45, 7) is 5.52. The first kappa shape index (κ1) is 16.9. The largest absolute Gasteiger partial charge is 0.376 e. The SMILES string of the molecule is CCc1ccc2nc(C)cc(C(=O)N(C)C[C@@H]3CCCCO3)c2c1. The molecule has 2 heterocycles. The number of hydrogen-bond donors (Lipinski definition) is 0. The van der Waals surface area contributed by atoms with Gasteiger partial charge >= 0.3 is 0 Å². The lowest BCUT2D eigenvalue weighted by Gasteiger charge is -2.27. The molecule has 128 valence electrons. The van der Waals surface area contributed by atoms with E-state index in [0.29, 0.717) is 6.54 Å². The van der Waals surface area contributed by atoms with Crippen LogP contribution in [0.2, 0.25) is 0 Å². The van der Waals surface area contributed by atoms with Crippen molar-refractivity contribution in [1.29, 1.82) is 0 Å². The van der Waals surface area contributed by atoms with Gasteiger partial charge in [-0.25, -0.2) is 0 Å². The van der Waals surface area contributed by atoms with E-state index < -0.39 is 0 Å². The van der Waals surface area contributed by atoms with Crippen molar-refractivity contribution in [3.8, 4) is 0 Å². The smallest absolute Gasteiger partial charge is 0.254 e. The number of nitrogens with zero attached hydrogens (tertiary/aromatic N) is 2. The summed E-state index contributed by atoms with van der Waals surface area (Å²) in [5.41, 5.74) is 3.72. The zero-order chi connectivity index (χ0) is 17.1. The minimum Gasteiger partial charge on any atom is -0.376 e. The molecule has 0 N–H and O–H groups in total. The number of ether oxygens (including phenoxy) is 1. The number of amides is 1. The zero-order valence-corrected chi connectivity index (χ0v) is 14.8. The molecule has 24 heavy (non-hydrogen) atoms. The van der Waals surface area contributed by atoms with Gasteiger partial charge in [-0.15, -0.1) is 0 Å². The number of carbonyl (C=O) groups is 1. The lowest BCUT2D eigenvalue weighted by molar-refractivity contribution is -0.000154. The second-order valence-electron chi connectivity index (χ2n) is 6.69. The second-order valence-corrected chi connectivity index (χ2v) is 6.69. The number of hydrogen-bond acceptors (Lipinski definition) is 3. The summed E-state index contributed by atoms with van der Waals surface area (Å²) in [5, 5.41) is 0.946. The topological polar surface area (TPSA) is 42.4 Å². The molecule has 1 aliphatic heterocycles. The summed E-state index contributed by atoms with van der Waals surface area (Å²) >= 11 is 0. The first-order valence-electron chi connectivity index (χ1n) is 8.86. The van der Waals surface area contributed by atoms with Gasteiger partial charge in [0.15, 0.2) is 0 Å². The van der Waals surface area contributed by atoms with Crippen molar-refractivity contribution in [2.45, 2.75) is 45.6 Å². The predicted octanol–water partition coefficient (Wildman–Crippen LogP) is 3.75. The minimum absolute atomic E-state index is 0.0490. The molecule has 1 saturated heterocycles. The van der Waals surface area contributed by atoms with Gasteiger partial charge in [-0.2, -0.15) is 0 Å². The molecular weight excluding hydrogens is 300 g/mol. The van der Waals surface area contributed by atoms with Gasteiger partial charge in [-0.05, 0) is 56.4 Å². The van der Waals surface area contributed by atoms with E-state index in [-0.39, 0.29) is 12.0 Å². The molecule has 4 heteroatoms. The van der Waals surface area contributed by atoms with E-state index in [2.05, 4.69) is 24.0 Å². The van der Waals surface area contributed by atoms with Gasteiger partial charge in [-0.3, -0.25) is 9.78 Å². The zero-order valence-electron chi connectivity index (χ0n) is 14.8. The summed E-state index contributed by atoms with van der Waals surface area (Å²) in [4.78, 5) is 19.4. The highest BCUT2D eigenvalue weighted by Crippen LogP contribution is 2.22. The molecule has 4 nitrogen and oxygen atoms in total. The first-order valence-corrected chi connectivity index (χ1v) is 8.86. The van der Waals surface area contributed by atoms with Crippen LogP contribution < -0.4 is 0 Å².